The van der Waals surface area contributed by atoms with Gasteiger partial charge in [-0.15, -0.1) is 0 Å². The molecule has 0 atom stereocenters. The molecule has 6 heteroatoms. The molecule has 0 aliphatic rings. The van der Waals surface area contributed by atoms with Gasteiger partial charge in [0.15, 0.2) is 0 Å². The summed E-state index contributed by atoms with van der Waals surface area (Å²) in [5, 5.41) is 0. The zero-order valence-corrected chi connectivity index (χ0v) is 15.3. The van der Waals surface area contributed by atoms with E-state index >= 15 is 0 Å². The second kappa shape index (κ2) is 16.6. The van der Waals surface area contributed by atoms with Crippen molar-refractivity contribution in [1.29, 1.82) is 0 Å². The van der Waals surface area contributed by atoms with E-state index in [9.17, 15) is 8.42 Å². The summed E-state index contributed by atoms with van der Waals surface area (Å²) < 4.78 is 28.8. The van der Waals surface area contributed by atoms with Crippen LogP contribution in [0.2, 0.25) is 0 Å². The molecule has 0 aliphatic carbocycles. The summed E-state index contributed by atoms with van der Waals surface area (Å²) in [7, 11) is -3.57. The molecule has 1 aromatic carbocycles. The fraction of sp³-hybridized carbons (Fsp3) is 0.667. The molecule has 24 heavy (non-hydrogen) atoms. The van der Waals surface area contributed by atoms with E-state index in [0.29, 0.717) is 0 Å². The van der Waals surface area contributed by atoms with Gasteiger partial charge in [-0.05, 0) is 18.6 Å². The van der Waals surface area contributed by atoms with Crippen molar-refractivity contribution in [1.82, 2.24) is 6.15 Å². The first kappa shape index (κ1) is 26.3. The van der Waals surface area contributed by atoms with E-state index in [2.05, 4.69) is 6.92 Å². The molecule has 0 bridgehead atoms. The molecule has 3 N–H and O–H groups in total. The van der Waals surface area contributed by atoms with Crippen LogP contribution in [-0.2, 0) is 14.3 Å². The summed E-state index contributed by atoms with van der Waals surface area (Å²) >= 11 is 0. The van der Waals surface area contributed by atoms with Crippen molar-refractivity contribution in [2.45, 2.75) is 76.0 Å². The van der Waals surface area contributed by atoms with Crippen LogP contribution >= 0.6 is 0 Å². The Bertz CT molecular complexity index is 480. The SMILES string of the molecule is CCCCCCCCCCCCOS(=O)(=O)c1ccccc1.N.[NaH]. The van der Waals surface area contributed by atoms with E-state index in [0.717, 1.165) is 12.8 Å². The molecule has 1 rings (SSSR count). The van der Waals surface area contributed by atoms with Gasteiger partial charge < -0.3 is 6.15 Å². The van der Waals surface area contributed by atoms with Crippen LogP contribution in [-0.4, -0.2) is 44.6 Å². The van der Waals surface area contributed by atoms with Crippen molar-refractivity contribution < 1.29 is 12.6 Å². The molecule has 0 aromatic heterocycles. The monoisotopic (exact) mass is 367 g/mol. The zero-order chi connectivity index (χ0) is 16.1. The molecule has 1 aromatic rings. The van der Waals surface area contributed by atoms with Crippen LogP contribution in [0.1, 0.15) is 71.1 Å². The maximum absolute atomic E-state index is 11.9. The third-order valence-electron chi connectivity index (χ3n) is 3.77. The standard InChI is InChI=1S/C18H30O3S.H3N.Na.H/c1-2-3-4-5-6-7-8-9-10-14-17-21-22(19,20)18-15-12-11-13-16-18;;;/h11-13,15-16H,2-10,14,17H2,1H3;1H3;;. The fourth-order valence-electron chi connectivity index (χ4n) is 2.41. The molecule has 0 radical (unpaired) electrons. The van der Waals surface area contributed by atoms with Crippen LogP contribution in [0.5, 0.6) is 0 Å². The zero-order valence-electron chi connectivity index (χ0n) is 14.5. The van der Waals surface area contributed by atoms with E-state index in [1.165, 1.54) is 51.4 Å². The average molecular weight is 368 g/mol. The first-order valence-corrected chi connectivity index (χ1v) is 10.0. The van der Waals surface area contributed by atoms with Gasteiger partial charge in [0.25, 0.3) is 10.1 Å². The van der Waals surface area contributed by atoms with Crippen molar-refractivity contribution in [3.63, 3.8) is 0 Å². The molecule has 0 heterocycles. The Morgan fingerprint density at radius 1 is 0.792 bits per heavy atom. The van der Waals surface area contributed by atoms with Crippen molar-refractivity contribution in [2.24, 2.45) is 0 Å². The van der Waals surface area contributed by atoms with Crippen molar-refractivity contribution in [3.05, 3.63) is 30.3 Å². The minimum absolute atomic E-state index is 0. The van der Waals surface area contributed by atoms with Gasteiger partial charge in [-0.3, -0.25) is 4.18 Å². The van der Waals surface area contributed by atoms with Crippen LogP contribution in [0.15, 0.2) is 35.2 Å². The molecule has 0 saturated carbocycles. The van der Waals surface area contributed by atoms with Crippen molar-refractivity contribution in [3.8, 4) is 0 Å². The predicted molar refractivity (Wildman–Crippen MR) is 104 cm³/mol. The van der Waals surface area contributed by atoms with E-state index in [1.807, 2.05) is 0 Å². The molecule has 4 nitrogen and oxygen atoms in total. The molecule has 0 fully saturated rings. The quantitative estimate of drug-likeness (QED) is 0.308. The van der Waals surface area contributed by atoms with Crippen molar-refractivity contribution >= 4 is 39.7 Å². The third kappa shape index (κ3) is 12.5. The molecule has 0 unspecified atom stereocenters. The number of rotatable bonds is 13. The molecule has 0 saturated heterocycles. The van der Waals surface area contributed by atoms with Gasteiger partial charge in [-0.25, -0.2) is 0 Å². The second-order valence-corrected chi connectivity index (χ2v) is 7.39. The van der Waals surface area contributed by atoms with Crippen LogP contribution < -0.4 is 6.15 Å². The van der Waals surface area contributed by atoms with Crippen LogP contribution in [0, 0.1) is 0 Å². The molecular formula is C18H34NNaO3S. The summed E-state index contributed by atoms with van der Waals surface area (Å²) in [6.45, 7) is 2.52. The Kier molecular flexibility index (Phi) is 18.2. The van der Waals surface area contributed by atoms with E-state index in [-0.39, 0.29) is 47.2 Å². The summed E-state index contributed by atoms with van der Waals surface area (Å²) in [5.41, 5.74) is 0. The van der Waals surface area contributed by atoms with Gasteiger partial charge >= 0.3 is 29.6 Å². The molecule has 0 amide bonds. The fourth-order valence-corrected chi connectivity index (χ4v) is 3.38. The van der Waals surface area contributed by atoms with Gasteiger partial charge in [-0.1, -0.05) is 82.9 Å². The Labute approximate surface area is 170 Å². The topological polar surface area (TPSA) is 78.4 Å². The van der Waals surface area contributed by atoms with Crippen LogP contribution in [0.3, 0.4) is 0 Å². The van der Waals surface area contributed by atoms with Crippen LogP contribution in [0.25, 0.3) is 0 Å². The Balaban J connectivity index is 0. The number of benzene rings is 1. The van der Waals surface area contributed by atoms with E-state index in [4.69, 9.17) is 4.18 Å². The molecular weight excluding hydrogens is 333 g/mol. The Hall–Kier alpha value is 0.0900. The van der Waals surface area contributed by atoms with Crippen LogP contribution in [0.4, 0.5) is 0 Å². The molecule has 0 spiro atoms. The van der Waals surface area contributed by atoms with E-state index in [1.54, 1.807) is 30.3 Å². The van der Waals surface area contributed by atoms with Gasteiger partial charge in [-0.2, -0.15) is 8.42 Å². The molecule has 136 valence electrons. The first-order valence-electron chi connectivity index (χ1n) is 8.61. The van der Waals surface area contributed by atoms with Crippen molar-refractivity contribution in [2.75, 3.05) is 6.61 Å². The van der Waals surface area contributed by atoms with Gasteiger partial charge in [0.2, 0.25) is 0 Å². The summed E-state index contributed by atoms with van der Waals surface area (Å²) in [5.74, 6) is 0. The average Bonchev–Trinajstić information content (AvgIpc) is 2.53. The minimum atomic E-state index is -3.57. The predicted octanol–water partition coefficient (Wildman–Crippen LogP) is 4.83. The first-order chi connectivity index (χ1) is 10.7. The summed E-state index contributed by atoms with van der Waals surface area (Å²) in [6.07, 6.45) is 12.3. The second-order valence-electron chi connectivity index (χ2n) is 5.77. The maximum atomic E-state index is 11.9. The molecule has 0 aliphatic heterocycles. The van der Waals surface area contributed by atoms with Gasteiger partial charge in [0.1, 0.15) is 0 Å². The van der Waals surface area contributed by atoms with E-state index < -0.39 is 10.1 Å². The van der Waals surface area contributed by atoms with Gasteiger partial charge in [0.05, 0.1) is 11.5 Å². The summed E-state index contributed by atoms with van der Waals surface area (Å²) in [6, 6.07) is 8.33. The number of unbranched alkanes of at least 4 members (excludes halogenated alkanes) is 9. The summed E-state index contributed by atoms with van der Waals surface area (Å²) in [4.78, 5) is 0.238. The van der Waals surface area contributed by atoms with Gasteiger partial charge in [0, 0.05) is 0 Å². The normalized spacial score (nSPS) is 10.7. The Morgan fingerprint density at radius 3 is 1.75 bits per heavy atom. The number of hydrogen-bond acceptors (Lipinski definition) is 4. The Morgan fingerprint density at radius 2 is 1.25 bits per heavy atom. The third-order valence-corrected chi connectivity index (χ3v) is 5.09. The number of hydrogen-bond donors (Lipinski definition) is 1.